The molecule has 262 valence electrons. The lowest BCUT2D eigenvalue weighted by Gasteiger charge is -2.45. The standard InChI is InChI=1S/C45H41N7O/c1-5-17-40-47-41(42(53)43(2,3)4)39(30-46)52(40)31-32-26-28-33(29-27-32)37-24-15-16-25-38(37)45(48-50-51-49-45)44(34-18-9-6-10-19-34,35-20-11-7-12-21-35)36-22-13-8-14-23-36/h6-16,18-29H,5,17,31H2,1-4H3. The maximum atomic E-state index is 13.3. The average molecular weight is 696 g/mol. The summed E-state index contributed by atoms with van der Waals surface area (Å²) >= 11 is 0. The fourth-order valence-electron chi connectivity index (χ4n) is 7.54. The predicted molar refractivity (Wildman–Crippen MR) is 206 cm³/mol. The van der Waals surface area contributed by atoms with E-state index in [4.69, 9.17) is 15.2 Å². The van der Waals surface area contributed by atoms with Gasteiger partial charge in [0.15, 0.2) is 11.5 Å². The van der Waals surface area contributed by atoms with Crippen LogP contribution in [0.15, 0.2) is 160 Å². The van der Waals surface area contributed by atoms with Crippen molar-refractivity contribution in [1.82, 2.24) is 9.55 Å². The van der Waals surface area contributed by atoms with Crippen LogP contribution in [0, 0.1) is 16.7 Å². The molecule has 0 radical (unpaired) electrons. The highest BCUT2D eigenvalue weighted by Gasteiger charge is 2.60. The third-order valence-electron chi connectivity index (χ3n) is 9.99. The topological polar surface area (TPSA) is 108 Å². The summed E-state index contributed by atoms with van der Waals surface area (Å²) in [6.45, 7) is 8.05. The van der Waals surface area contributed by atoms with E-state index in [1.54, 1.807) is 0 Å². The highest BCUT2D eigenvalue weighted by Crippen LogP contribution is 2.58. The second-order valence-electron chi connectivity index (χ2n) is 14.4. The first-order valence-corrected chi connectivity index (χ1v) is 18.0. The maximum absolute atomic E-state index is 13.3. The number of carbonyl (C=O) groups excluding carboxylic acids is 1. The van der Waals surface area contributed by atoms with Gasteiger partial charge in [0.25, 0.3) is 0 Å². The van der Waals surface area contributed by atoms with Crippen LogP contribution in [0.3, 0.4) is 0 Å². The van der Waals surface area contributed by atoms with Gasteiger partial charge < -0.3 is 4.57 Å². The van der Waals surface area contributed by atoms with Gasteiger partial charge in [0.2, 0.25) is 5.66 Å². The number of rotatable bonds is 11. The van der Waals surface area contributed by atoms with Crippen molar-refractivity contribution >= 4 is 5.78 Å². The van der Waals surface area contributed by atoms with Gasteiger partial charge in [-0.05, 0) is 50.2 Å². The number of aryl methyl sites for hydroxylation is 1. The summed E-state index contributed by atoms with van der Waals surface area (Å²) in [6.07, 6.45) is 1.50. The molecular weight excluding hydrogens is 655 g/mol. The summed E-state index contributed by atoms with van der Waals surface area (Å²) in [6, 6.07) is 49.9. The van der Waals surface area contributed by atoms with Crippen molar-refractivity contribution in [2.45, 2.75) is 58.2 Å². The molecule has 1 aliphatic heterocycles. The van der Waals surface area contributed by atoms with E-state index < -0.39 is 16.5 Å². The first-order chi connectivity index (χ1) is 25.7. The Bertz CT molecular complexity index is 2220. The number of nitrogens with zero attached hydrogens (tertiary/aromatic N) is 7. The van der Waals surface area contributed by atoms with Gasteiger partial charge in [-0.2, -0.15) is 5.26 Å². The third-order valence-corrected chi connectivity index (χ3v) is 9.99. The van der Waals surface area contributed by atoms with E-state index in [2.05, 4.69) is 96.2 Å². The van der Waals surface area contributed by atoms with E-state index in [1.807, 2.05) is 92.1 Å². The Labute approximate surface area is 310 Å². The molecular formula is C45H41N7O. The number of imidazole rings is 1. The second-order valence-corrected chi connectivity index (χ2v) is 14.4. The number of nitriles is 1. The van der Waals surface area contributed by atoms with Crippen molar-refractivity contribution in [3.8, 4) is 17.2 Å². The van der Waals surface area contributed by atoms with E-state index in [-0.39, 0.29) is 11.5 Å². The Morgan fingerprint density at radius 2 is 1.23 bits per heavy atom. The fraction of sp³-hybridized carbons (Fsp3) is 0.222. The number of hydrogen-bond donors (Lipinski definition) is 0. The zero-order valence-electron chi connectivity index (χ0n) is 30.4. The Hall–Kier alpha value is -6.33. The minimum atomic E-state index is -1.31. The van der Waals surface area contributed by atoms with Crippen LogP contribution in [0.1, 0.15) is 83.9 Å². The van der Waals surface area contributed by atoms with Crippen molar-refractivity contribution in [3.05, 3.63) is 185 Å². The third kappa shape index (κ3) is 6.08. The summed E-state index contributed by atoms with van der Waals surface area (Å²) in [5.41, 5.74) is 4.38. The number of aromatic nitrogens is 2. The molecule has 0 aliphatic carbocycles. The van der Waals surface area contributed by atoms with Crippen molar-refractivity contribution < 1.29 is 4.79 Å². The lowest BCUT2D eigenvalue weighted by Crippen LogP contribution is -2.48. The van der Waals surface area contributed by atoms with Gasteiger partial charge in [-0.25, -0.2) is 4.98 Å². The van der Waals surface area contributed by atoms with Crippen molar-refractivity contribution in [2.75, 3.05) is 0 Å². The molecule has 0 amide bonds. The van der Waals surface area contributed by atoms with Crippen LogP contribution in [0.4, 0.5) is 0 Å². The second kappa shape index (κ2) is 14.4. The molecule has 0 N–H and O–H groups in total. The van der Waals surface area contributed by atoms with E-state index in [1.165, 1.54) is 0 Å². The zero-order valence-corrected chi connectivity index (χ0v) is 30.4. The monoisotopic (exact) mass is 695 g/mol. The summed E-state index contributed by atoms with van der Waals surface area (Å²) in [7, 11) is 0. The molecule has 0 saturated carbocycles. The zero-order chi connectivity index (χ0) is 37.1. The first-order valence-electron chi connectivity index (χ1n) is 18.0. The molecule has 5 aromatic carbocycles. The maximum Gasteiger partial charge on any atom is 0.238 e. The molecule has 8 nitrogen and oxygen atoms in total. The number of hydrogen-bond acceptors (Lipinski definition) is 7. The molecule has 1 aromatic heterocycles. The highest BCUT2D eigenvalue weighted by molar-refractivity contribution is 6.00. The molecule has 8 heteroatoms. The summed E-state index contributed by atoms with van der Waals surface area (Å²) in [5, 5.41) is 28.7. The number of Topliss-reactive ketones (excluding diaryl/α,β-unsaturated/α-hetero) is 1. The Kier molecular flexibility index (Phi) is 9.51. The van der Waals surface area contributed by atoms with Crippen LogP contribution in [0.5, 0.6) is 0 Å². The van der Waals surface area contributed by atoms with E-state index in [9.17, 15) is 10.1 Å². The summed E-state index contributed by atoms with van der Waals surface area (Å²) in [5.74, 6) is 0.605. The Morgan fingerprint density at radius 3 is 1.72 bits per heavy atom. The van der Waals surface area contributed by atoms with E-state index >= 15 is 0 Å². The lowest BCUT2D eigenvalue weighted by molar-refractivity contribution is 0.0853. The number of ketones is 1. The van der Waals surface area contributed by atoms with Crippen LogP contribution in [0.2, 0.25) is 0 Å². The summed E-state index contributed by atoms with van der Waals surface area (Å²) < 4.78 is 1.90. The van der Waals surface area contributed by atoms with Gasteiger partial charge in [0, 0.05) is 17.4 Å². The van der Waals surface area contributed by atoms with Gasteiger partial charge in [0.05, 0.1) is 12.0 Å². The van der Waals surface area contributed by atoms with E-state index in [0.717, 1.165) is 51.2 Å². The molecule has 0 saturated heterocycles. The molecule has 0 bridgehead atoms. The highest BCUT2D eigenvalue weighted by atomic mass is 16.1. The van der Waals surface area contributed by atoms with Crippen molar-refractivity contribution in [1.29, 1.82) is 5.26 Å². The normalized spacial score (nSPS) is 13.6. The fourth-order valence-corrected chi connectivity index (χ4v) is 7.54. The minimum Gasteiger partial charge on any atom is -0.315 e. The first kappa shape index (κ1) is 35.1. The molecule has 1 aliphatic rings. The quantitative estimate of drug-likeness (QED) is 0.0994. The van der Waals surface area contributed by atoms with Gasteiger partial charge >= 0.3 is 0 Å². The van der Waals surface area contributed by atoms with Crippen LogP contribution in [-0.4, -0.2) is 15.3 Å². The molecule has 0 unspecified atom stereocenters. The van der Waals surface area contributed by atoms with Gasteiger partial charge in [-0.15, -0.1) is 10.2 Å². The van der Waals surface area contributed by atoms with Crippen LogP contribution >= 0.6 is 0 Å². The Balaban J connectivity index is 1.38. The minimum absolute atomic E-state index is 0.134. The van der Waals surface area contributed by atoms with Crippen LogP contribution in [-0.2, 0) is 24.0 Å². The molecule has 6 aromatic rings. The molecule has 7 rings (SSSR count). The van der Waals surface area contributed by atoms with Crippen molar-refractivity contribution in [2.24, 2.45) is 26.1 Å². The van der Waals surface area contributed by atoms with E-state index in [0.29, 0.717) is 18.7 Å². The smallest absolute Gasteiger partial charge is 0.238 e. The molecule has 0 spiro atoms. The van der Waals surface area contributed by atoms with Gasteiger partial charge in [0.1, 0.15) is 17.6 Å². The van der Waals surface area contributed by atoms with Crippen LogP contribution in [0.25, 0.3) is 11.1 Å². The summed E-state index contributed by atoms with van der Waals surface area (Å²) in [4.78, 5) is 18.0. The Morgan fingerprint density at radius 1 is 0.717 bits per heavy atom. The van der Waals surface area contributed by atoms with Gasteiger partial charge in [-0.1, -0.05) is 167 Å². The molecule has 2 heterocycles. The molecule has 0 atom stereocenters. The van der Waals surface area contributed by atoms with Gasteiger partial charge in [-0.3, -0.25) is 4.79 Å². The largest absolute Gasteiger partial charge is 0.315 e. The lowest BCUT2D eigenvalue weighted by atomic mass is 9.59. The number of benzene rings is 5. The van der Waals surface area contributed by atoms with Crippen molar-refractivity contribution in [3.63, 3.8) is 0 Å². The predicted octanol–water partition coefficient (Wildman–Crippen LogP) is 10.7. The van der Waals surface area contributed by atoms with Crippen LogP contribution < -0.4 is 0 Å². The number of carbonyl (C=O) groups is 1. The molecule has 0 fully saturated rings. The SMILES string of the molecule is CCCc1nc(C(=O)C(C)(C)C)c(C#N)n1Cc1ccc(-c2ccccc2C2(C(c3ccccc3)(c3ccccc3)c3ccccc3)N=NN=N2)cc1. The average Bonchev–Trinajstić information content (AvgIpc) is 3.82. The molecule has 53 heavy (non-hydrogen) atoms.